The number of rotatable bonds is 5. The number of thioether (sulfide) groups is 1. The van der Waals surface area contributed by atoms with Crippen molar-refractivity contribution in [1.82, 2.24) is 0 Å². The molecule has 4 aliphatic rings. The third kappa shape index (κ3) is 3.55. The van der Waals surface area contributed by atoms with Crippen LogP contribution in [0.25, 0.3) is 0 Å². The lowest BCUT2D eigenvalue weighted by molar-refractivity contribution is -0.0916. The Bertz CT molecular complexity index is 678. The van der Waals surface area contributed by atoms with Gasteiger partial charge in [-0.1, -0.05) is 78.9 Å². The standard InChI is InChI=1S/C28H48OS/c1-18(2)9-8-10-19(3)22-17-30-25-20-11-12-23-26(4,5)24(29)14-16-27(23,6)21(20)13-15-28(22,25)7/h18-19,22-25,29H,8-17H2,1-7H3/t19-,22-,23-,24+,25-,27-,28-/m1/s1. The van der Waals surface area contributed by atoms with E-state index in [1.807, 2.05) is 11.1 Å². The Labute approximate surface area is 191 Å². The number of aliphatic hydroxyl groups is 1. The number of hydrogen-bond donors (Lipinski definition) is 1. The summed E-state index contributed by atoms with van der Waals surface area (Å²) in [5.41, 5.74) is 4.62. The first-order valence-electron chi connectivity index (χ1n) is 13.0. The molecule has 1 saturated carbocycles. The summed E-state index contributed by atoms with van der Waals surface area (Å²) < 4.78 is 0. The Morgan fingerprint density at radius 2 is 1.73 bits per heavy atom. The molecule has 0 aromatic heterocycles. The van der Waals surface area contributed by atoms with Gasteiger partial charge in [0.15, 0.2) is 0 Å². The molecule has 0 amide bonds. The molecular weight excluding hydrogens is 384 g/mol. The van der Waals surface area contributed by atoms with Gasteiger partial charge < -0.3 is 5.11 Å². The van der Waals surface area contributed by atoms with Gasteiger partial charge >= 0.3 is 0 Å². The van der Waals surface area contributed by atoms with Gasteiger partial charge in [0.05, 0.1) is 6.10 Å². The predicted octanol–water partition coefficient (Wildman–Crippen LogP) is 7.87. The van der Waals surface area contributed by atoms with Crippen LogP contribution >= 0.6 is 11.8 Å². The molecule has 0 unspecified atom stereocenters. The van der Waals surface area contributed by atoms with E-state index in [1.54, 1.807) is 0 Å². The Morgan fingerprint density at radius 1 is 1.00 bits per heavy atom. The first-order valence-corrected chi connectivity index (χ1v) is 14.1. The maximum atomic E-state index is 10.8. The Kier molecular flexibility index (Phi) is 6.29. The molecular formula is C28H48OS. The molecule has 2 fully saturated rings. The molecule has 0 aromatic rings. The summed E-state index contributed by atoms with van der Waals surface area (Å²) in [6.45, 7) is 17.2. The zero-order valence-corrected chi connectivity index (χ0v) is 21.7. The summed E-state index contributed by atoms with van der Waals surface area (Å²) in [5.74, 6) is 4.63. The molecule has 1 N–H and O–H groups in total. The second kappa shape index (κ2) is 8.12. The van der Waals surface area contributed by atoms with Gasteiger partial charge in [-0.2, -0.15) is 11.8 Å². The van der Waals surface area contributed by atoms with Crippen molar-refractivity contribution in [3.8, 4) is 0 Å². The van der Waals surface area contributed by atoms with Crippen LogP contribution in [-0.4, -0.2) is 22.2 Å². The van der Waals surface area contributed by atoms with E-state index < -0.39 is 0 Å². The highest BCUT2D eigenvalue weighted by molar-refractivity contribution is 8.00. The molecule has 1 heterocycles. The van der Waals surface area contributed by atoms with Crippen LogP contribution in [0.2, 0.25) is 0 Å². The third-order valence-corrected chi connectivity index (χ3v) is 12.2. The molecule has 1 aliphatic heterocycles. The zero-order valence-electron chi connectivity index (χ0n) is 20.9. The first kappa shape index (κ1) is 23.2. The van der Waals surface area contributed by atoms with Gasteiger partial charge in [0.25, 0.3) is 0 Å². The molecule has 0 radical (unpaired) electrons. The summed E-state index contributed by atoms with van der Waals surface area (Å²) >= 11 is 2.32. The van der Waals surface area contributed by atoms with E-state index in [0.29, 0.717) is 16.7 Å². The number of allylic oxidation sites excluding steroid dienone is 1. The van der Waals surface area contributed by atoms with Crippen molar-refractivity contribution < 1.29 is 5.11 Å². The minimum absolute atomic E-state index is 0.0581. The van der Waals surface area contributed by atoms with Crippen molar-refractivity contribution in [1.29, 1.82) is 0 Å². The Morgan fingerprint density at radius 3 is 2.43 bits per heavy atom. The third-order valence-electron chi connectivity index (χ3n) is 10.5. The summed E-state index contributed by atoms with van der Waals surface area (Å²) in [7, 11) is 0. The number of aliphatic hydroxyl groups excluding tert-OH is 1. The molecule has 30 heavy (non-hydrogen) atoms. The summed E-state index contributed by atoms with van der Waals surface area (Å²) in [6, 6.07) is 0. The van der Waals surface area contributed by atoms with Crippen LogP contribution in [0.4, 0.5) is 0 Å². The second-order valence-electron chi connectivity index (χ2n) is 13.0. The van der Waals surface area contributed by atoms with Gasteiger partial charge in [0.2, 0.25) is 0 Å². The zero-order chi connectivity index (χ0) is 21.9. The monoisotopic (exact) mass is 432 g/mol. The van der Waals surface area contributed by atoms with Crippen LogP contribution in [0.3, 0.4) is 0 Å². The molecule has 1 saturated heterocycles. The summed E-state index contributed by atoms with van der Waals surface area (Å²) in [5, 5.41) is 11.5. The average Bonchev–Trinajstić information content (AvgIpc) is 3.02. The quantitative estimate of drug-likeness (QED) is 0.446. The van der Waals surface area contributed by atoms with Crippen molar-refractivity contribution in [2.45, 2.75) is 118 Å². The summed E-state index contributed by atoms with van der Waals surface area (Å²) in [4.78, 5) is 0. The maximum absolute atomic E-state index is 10.8. The molecule has 172 valence electrons. The topological polar surface area (TPSA) is 20.2 Å². The first-order chi connectivity index (χ1) is 14.0. The van der Waals surface area contributed by atoms with Gasteiger partial charge in [0, 0.05) is 5.25 Å². The molecule has 1 nitrogen and oxygen atoms in total. The largest absolute Gasteiger partial charge is 0.393 e. The van der Waals surface area contributed by atoms with Crippen LogP contribution in [0.5, 0.6) is 0 Å². The van der Waals surface area contributed by atoms with E-state index in [9.17, 15) is 5.11 Å². The van der Waals surface area contributed by atoms with Crippen molar-refractivity contribution in [2.24, 2.45) is 39.9 Å². The van der Waals surface area contributed by atoms with E-state index in [4.69, 9.17) is 0 Å². The second-order valence-corrected chi connectivity index (χ2v) is 14.2. The van der Waals surface area contributed by atoms with E-state index >= 15 is 0 Å². The lowest BCUT2D eigenvalue weighted by Gasteiger charge is -2.59. The fraction of sp³-hybridized carbons (Fsp3) is 0.929. The fourth-order valence-electron chi connectivity index (χ4n) is 8.49. The van der Waals surface area contributed by atoms with Crippen LogP contribution in [0.1, 0.15) is 106 Å². The maximum Gasteiger partial charge on any atom is 0.0594 e. The molecule has 0 aromatic carbocycles. The summed E-state index contributed by atoms with van der Waals surface area (Å²) in [6.07, 6.45) is 11.6. The molecule has 7 atom stereocenters. The van der Waals surface area contributed by atoms with E-state index in [-0.39, 0.29) is 11.5 Å². The molecule has 3 aliphatic carbocycles. The molecule has 0 spiro atoms. The highest BCUT2D eigenvalue weighted by atomic mass is 32.2. The van der Waals surface area contributed by atoms with Gasteiger partial charge in [0.1, 0.15) is 0 Å². The van der Waals surface area contributed by atoms with Crippen molar-refractivity contribution in [3.05, 3.63) is 11.1 Å². The Hall–Kier alpha value is 0.0500. The van der Waals surface area contributed by atoms with Gasteiger partial charge in [-0.3, -0.25) is 0 Å². The SMILES string of the molecule is CC(C)CCC[C@@H](C)[C@H]1CS[C@@H]2C3=C(CC[C@@]21C)[C@@]1(C)CC[C@H](O)C(C)(C)[C@H]1CC3. The van der Waals surface area contributed by atoms with E-state index in [0.717, 1.165) is 29.4 Å². The van der Waals surface area contributed by atoms with Gasteiger partial charge in [-0.15, -0.1) is 0 Å². The van der Waals surface area contributed by atoms with E-state index in [2.05, 4.69) is 60.2 Å². The lowest BCUT2D eigenvalue weighted by Crippen LogP contribution is -2.54. The average molecular weight is 433 g/mol. The molecule has 2 heteroatoms. The van der Waals surface area contributed by atoms with Crippen LogP contribution in [-0.2, 0) is 0 Å². The van der Waals surface area contributed by atoms with Crippen LogP contribution < -0.4 is 0 Å². The minimum atomic E-state index is -0.122. The minimum Gasteiger partial charge on any atom is -0.393 e. The predicted molar refractivity (Wildman–Crippen MR) is 132 cm³/mol. The van der Waals surface area contributed by atoms with Crippen LogP contribution in [0, 0.1) is 39.9 Å². The molecule has 4 rings (SSSR count). The smallest absolute Gasteiger partial charge is 0.0594 e. The van der Waals surface area contributed by atoms with Gasteiger partial charge in [-0.05, 0) is 84.2 Å². The van der Waals surface area contributed by atoms with E-state index in [1.165, 1.54) is 57.1 Å². The highest BCUT2D eigenvalue weighted by Crippen LogP contribution is 2.67. The normalized spacial score (nSPS) is 43.9. The molecule has 0 bridgehead atoms. The van der Waals surface area contributed by atoms with Crippen molar-refractivity contribution in [2.75, 3.05) is 5.75 Å². The number of hydrogen-bond acceptors (Lipinski definition) is 2. The number of fused-ring (bicyclic) bond motifs is 4. The lowest BCUT2D eigenvalue weighted by atomic mass is 9.46. The van der Waals surface area contributed by atoms with Gasteiger partial charge in [-0.25, -0.2) is 0 Å². The Balaban J connectivity index is 1.57. The fourth-order valence-corrected chi connectivity index (χ4v) is 10.7. The van der Waals surface area contributed by atoms with Crippen molar-refractivity contribution in [3.63, 3.8) is 0 Å². The van der Waals surface area contributed by atoms with Crippen LogP contribution in [0.15, 0.2) is 11.1 Å². The highest BCUT2D eigenvalue weighted by Gasteiger charge is 2.59. The van der Waals surface area contributed by atoms with Crippen molar-refractivity contribution >= 4 is 11.8 Å².